The van der Waals surface area contributed by atoms with Crippen molar-refractivity contribution < 1.29 is 8.42 Å². The maximum Gasteiger partial charge on any atom is 0.242 e. The van der Waals surface area contributed by atoms with Crippen LogP contribution in [-0.2, 0) is 16.4 Å². The van der Waals surface area contributed by atoms with Crippen LogP contribution in [0.1, 0.15) is 11.3 Å². The average molecular weight is 297 g/mol. The number of nitrogens with zero attached hydrogens (tertiary/aromatic N) is 1. The number of anilines is 1. The van der Waals surface area contributed by atoms with Gasteiger partial charge in [-0.15, -0.1) is 11.3 Å². The average Bonchev–Trinajstić information content (AvgIpc) is 2.81. The molecule has 0 saturated heterocycles. The molecule has 1 heterocycles. The first-order valence-corrected chi connectivity index (χ1v) is 8.15. The molecular weight excluding hydrogens is 282 g/mol. The van der Waals surface area contributed by atoms with Crippen molar-refractivity contribution in [2.75, 3.05) is 12.3 Å². The monoisotopic (exact) mass is 297 g/mol. The van der Waals surface area contributed by atoms with E-state index in [4.69, 9.17) is 5.73 Å². The van der Waals surface area contributed by atoms with Crippen molar-refractivity contribution in [3.8, 4) is 0 Å². The van der Waals surface area contributed by atoms with Crippen LogP contribution < -0.4 is 10.5 Å². The molecule has 0 aliphatic carbocycles. The van der Waals surface area contributed by atoms with Crippen LogP contribution >= 0.6 is 11.3 Å². The lowest BCUT2D eigenvalue weighted by molar-refractivity contribution is 0.581. The number of nitrogens with one attached hydrogen (secondary N) is 1. The van der Waals surface area contributed by atoms with E-state index in [1.165, 1.54) is 11.3 Å². The Morgan fingerprint density at radius 2 is 2.21 bits per heavy atom. The van der Waals surface area contributed by atoms with Crippen molar-refractivity contribution in [1.82, 2.24) is 9.71 Å². The van der Waals surface area contributed by atoms with Gasteiger partial charge in [0.1, 0.15) is 4.90 Å². The molecule has 2 aromatic rings. The van der Waals surface area contributed by atoms with Gasteiger partial charge in [0.25, 0.3) is 0 Å². The molecule has 5 nitrogen and oxygen atoms in total. The van der Waals surface area contributed by atoms with Gasteiger partial charge in [0.05, 0.1) is 16.9 Å². The summed E-state index contributed by atoms with van der Waals surface area (Å²) in [5, 5.41) is 1.90. The molecule has 0 radical (unpaired) electrons. The summed E-state index contributed by atoms with van der Waals surface area (Å²) >= 11 is 1.49. The number of sulfonamides is 1. The first kappa shape index (κ1) is 14.0. The fourth-order valence-electron chi connectivity index (χ4n) is 1.79. The molecule has 0 saturated carbocycles. The summed E-state index contributed by atoms with van der Waals surface area (Å²) in [7, 11) is -3.57. The van der Waals surface area contributed by atoms with Crippen LogP contribution in [0.5, 0.6) is 0 Å². The number of aryl methyl sites for hydroxylation is 1. The Morgan fingerprint density at radius 3 is 2.84 bits per heavy atom. The zero-order valence-corrected chi connectivity index (χ0v) is 12.1. The fraction of sp³-hybridized carbons (Fsp3) is 0.250. The molecule has 3 N–H and O–H groups in total. The summed E-state index contributed by atoms with van der Waals surface area (Å²) in [4.78, 5) is 4.26. The van der Waals surface area contributed by atoms with E-state index in [1.54, 1.807) is 30.6 Å². The smallest absolute Gasteiger partial charge is 0.242 e. The molecule has 102 valence electrons. The third kappa shape index (κ3) is 3.31. The third-order valence-corrected chi connectivity index (χ3v) is 4.98. The number of rotatable bonds is 5. The largest absolute Gasteiger partial charge is 0.398 e. The van der Waals surface area contributed by atoms with Crippen LogP contribution in [0.25, 0.3) is 0 Å². The summed E-state index contributed by atoms with van der Waals surface area (Å²) in [6, 6.07) is 5.05. The van der Waals surface area contributed by atoms with Gasteiger partial charge in [-0.2, -0.15) is 0 Å². The molecule has 0 aliphatic heterocycles. The Hall–Kier alpha value is -1.44. The van der Waals surface area contributed by atoms with Gasteiger partial charge in [0.2, 0.25) is 10.0 Å². The molecule has 19 heavy (non-hydrogen) atoms. The van der Waals surface area contributed by atoms with Crippen LogP contribution in [0.2, 0.25) is 0 Å². The summed E-state index contributed by atoms with van der Waals surface area (Å²) in [6.07, 6.45) is 0.564. The highest BCUT2D eigenvalue weighted by atomic mass is 32.2. The van der Waals surface area contributed by atoms with Gasteiger partial charge < -0.3 is 5.73 Å². The molecule has 7 heteroatoms. The minimum Gasteiger partial charge on any atom is -0.398 e. The zero-order chi connectivity index (χ0) is 13.9. The third-order valence-electron chi connectivity index (χ3n) is 2.67. The summed E-state index contributed by atoms with van der Waals surface area (Å²) in [5.74, 6) is 0. The maximum atomic E-state index is 12.2. The Kier molecular flexibility index (Phi) is 4.18. The lowest BCUT2D eigenvalue weighted by Crippen LogP contribution is -2.27. The highest BCUT2D eigenvalue weighted by molar-refractivity contribution is 7.89. The van der Waals surface area contributed by atoms with Gasteiger partial charge >= 0.3 is 0 Å². The van der Waals surface area contributed by atoms with Gasteiger partial charge in [-0.1, -0.05) is 12.1 Å². The minimum atomic E-state index is -3.57. The standard InChI is InChI=1S/C12H15N3O2S2/c1-9-3-2-4-11(13)12(9)19(16,17)15-6-5-10-7-18-8-14-10/h2-4,7-8,15H,5-6,13H2,1H3. The van der Waals surface area contributed by atoms with E-state index >= 15 is 0 Å². The molecule has 1 aromatic carbocycles. The first-order chi connectivity index (χ1) is 9.00. The minimum absolute atomic E-state index is 0.160. The molecular formula is C12H15N3O2S2. The second-order valence-corrected chi connectivity index (χ2v) is 6.54. The molecule has 1 aromatic heterocycles. The quantitative estimate of drug-likeness (QED) is 0.820. The van der Waals surface area contributed by atoms with Crippen LogP contribution in [0, 0.1) is 6.92 Å². The summed E-state index contributed by atoms with van der Waals surface area (Å²) in [6.45, 7) is 2.03. The second-order valence-electron chi connectivity index (χ2n) is 4.12. The van der Waals surface area contributed by atoms with Crippen molar-refractivity contribution in [1.29, 1.82) is 0 Å². The molecule has 0 spiro atoms. The highest BCUT2D eigenvalue weighted by Crippen LogP contribution is 2.21. The summed E-state index contributed by atoms with van der Waals surface area (Å²) in [5.41, 5.74) is 9.25. The van der Waals surface area contributed by atoms with Gasteiger partial charge in [-0.25, -0.2) is 18.1 Å². The SMILES string of the molecule is Cc1cccc(N)c1S(=O)(=O)NCCc1cscn1. The fourth-order valence-corrected chi connectivity index (χ4v) is 3.77. The van der Waals surface area contributed by atoms with E-state index in [0.717, 1.165) is 5.69 Å². The lowest BCUT2D eigenvalue weighted by atomic mass is 10.2. The number of nitrogens with two attached hydrogens (primary N) is 1. The number of thiazole rings is 1. The molecule has 0 bridgehead atoms. The van der Waals surface area contributed by atoms with Crippen LogP contribution in [0.4, 0.5) is 5.69 Å². The van der Waals surface area contributed by atoms with Crippen LogP contribution in [-0.4, -0.2) is 19.9 Å². The van der Waals surface area contributed by atoms with E-state index < -0.39 is 10.0 Å². The predicted molar refractivity (Wildman–Crippen MR) is 76.6 cm³/mol. The normalized spacial score (nSPS) is 11.6. The number of aromatic nitrogens is 1. The second kappa shape index (κ2) is 5.68. The zero-order valence-electron chi connectivity index (χ0n) is 10.5. The molecule has 0 unspecified atom stereocenters. The lowest BCUT2D eigenvalue weighted by Gasteiger charge is -2.11. The van der Waals surface area contributed by atoms with Crippen molar-refractivity contribution in [2.45, 2.75) is 18.2 Å². The van der Waals surface area contributed by atoms with E-state index in [1.807, 2.05) is 5.38 Å². The van der Waals surface area contributed by atoms with E-state index in [0.29, 0.717) is 18.5 Å². The molecule has 0 aliphatic rings. The molecule has 2 rings (SSSR count). The Labute approximate surface area is 116 Å². The molecule has 0 atom stereocenters. The van der Waals surface area contributed by atoms with Gasteiger partial charge in [0.15, 0.2) is 0 Å². The molecule has 0 amide bonds. The van der Waals surface area contributed by atoms with E-state index in [9.17, 15) is 8.42 Å². The van der Waals surface area contributed by atoms with Crippen molar-refractivity contribution >= 4 is 27.0 Å². The van der Waals surface area contributed by atoms with Crippen molar-refractivity contribution in [2.24, 2.45) is 0 Å². The van der Waals surface area contributed by atoms with Gasteiger partial charge in [-0.05, 0) is 18.6 Å². The Balaban J connectivity index is 2.10. The van der Waals surface area contributed by atoms with Gasteiger partial charge in [0, 0.05) is 18.3 Å². The Morgan fingerprint density at radius 1 is 1.42 bits per heavy atom. The van der Waals surface area contributed by atoms with Crippen molar-refractivity contribution in [3.05, 3.63) is 40.3 Å². The number of nitrogen functional groups attached to an aromatic ring is 1. The van der Waals surface area contributed by atoms with E-state index in [2.05, 4.69) is 9.71 Å². The number of hydrogen-bond acceptors (Lipinski definition) is 5. The summed E-state index contributed by atoms with van der Waals surface area (Å²) < 4.78 is 26.9. The number of benzene rings is 1. The van der Waals surface area contributed by atoms with Crippen LogP contribution in [0.3, 0.4) is 0 Å². The van der Waals surface area contributed by atoms with Gasteiger partial charge in [-0.3, -0.25) is 0 Å². The number of hydrogen-bond donors (Lipinski definition) is 2. The topological polar surface area (TPSA) is 85.1 Å². The van der Waals surface area contributed by atoms with Crippen LogP contribution in [0.15, 0.2) is 34.0 Å². The molecule has 0 fully saturated rings. The first-order valence-electron chi connectivity index (χ1n) is 5.72. The highest BCUT2D eigenvalue weighted by Gasteiger charge is 2.19. The Bertz CT molecular complexity index is 631. The maximum absolute atomic E-state index is 12.2. The van der Waals surface area contributed by atoms with E-state index in [-0.39, 0.29) is 10.6 Å². The predicted octanol–water partition coefficient (Wildman–Crippen LogP) is 1.55. The van der Waals surface area contributed by atoms with Crippen molar-refractivity contribution in [3.63, 3.8) is 0 Å².